The maximum Gasteiger partial charge on any atom is 0.258 e. The van der Waals surface area contributed by atoms with Gasteiger partial charge in [0.15, 0.2) is 6.61 Å². The molecule has 0 aliphatic heterocycles. The minimum absolute atomic E-state index is 0.0351. The fourth-order valence-corrected chi connectivity index (χ4v) is 1.92. The largest absolute Gasteiger partial charge is 0.483 e. The summed E-state index contributed by atoms with van der Waals surface area (Å²) in [5, 5.41) is 6.11. The first-order valence-corrected chi connectivity index (χ1v) is 6.80. The van der Waals surface area contributed by atoms with E-state index < -0.39 is 0 Å². The van der Waals surface area contributed by atoms with Gasteiger partial charge in [-0.05, 0) is 45.4 Å². The molecule has 2 N–H and O–H groups in total. The Hall–Kier alpha value is -1.55. The molecule has 0 bridgehead atoms. The Balaban J connectivity index is 2.00. The molecule has 0 saturated heterocycles. The molecule has 0 radical (unpaired) electrons. The zero-order chi connectivity index (χ0) is 13.8. The highest BCUT2D eigenvalue weighted by atomic mass is 16.5. The summed E-state index contributed by atoms with van der Waals surface area (Å²) in [6.45, 7) is 4.18. The van der Waals surface area contributed by atoms with Gasteiger partial charge in [0.05, 0.1) is 0 Å². The van der Waals surface area contributed by atoms with Crippen molar-refractivity contribution >= 4 is 5.91 Å². The Labute approximate surface area is 114 Å². The molecule has 0 aromatic heterocycles. The fraction of sp³-hybridized carbons (Fsp3) is 0.533. The number of nitrogens with one attached hydrogen (secondary N) is 2. The second-order valence-electron chi connectivity index (χ2n) is 5.18. The Morgan fingerprint density at radius 1 is 1.47 bits per heavy atom. The van der Waals surface area contributed by atoms with Gasteiger partial charge in [-0.1, -0.05) is 12.1 Å². The third-order valence-electron chi connectivity index (χ3n) is 3.37. The van der Waals surface area contributed by atoms with E-state index in [1.165, 1.54) is 0 Å². The zero-order valence-electron chi connectivity index (χ0n) is 11.8. The van der Waals surface area contributed by atoms with E-state index in [1.807, 2.05) is 26.1 Å². The van der Waals surface area contributed by atoms with Crippen molar-refractivity contribution in [1.82, 2.24) is 10.6 Å². The molecule has 1 atom stereocenters. The van der Waals surface area contributed by atoms with E-state index in [0.717, 1.165) is 29.7 Å². The van der Waals surface area contributed by atoms with Gasteiger partial charge < -0.3 is 15.4 Å². The van der Waals surface area contributed by atoms with Gasteiger partial charge in [0.25, 0.3) is 5.91 Å². The highest BCUT2D eigenvalue weighted by Gasteiger charge is 2.23. The first-order chi connectivity index (χ1) is 9.10. The van der Waals surface area contributed by atoms with Crippen molar-refractivity contribution in [2.24, 2.45) is 0 Å². The molecule has 0 spiro atoms. The average Bonchev–Trinajstić information content (AvgIpc) is 3.19. The average molecular weight is 262 g/mol. The fourth-order valence-electron chi connectivity index (χ4n) is 1.92. The minimum atomic E-state index is -0.0351. The maximum absolute atomic E-state index is 11.7. The Kier molecular flexibility index (Phi) is 4.43. The number of carbonyl (C=O) groups is 1. The van der Waals surface area contributed by atoms with Gasteiger partial charge >= 0.3 is 0 Å². The van der Waals surface area contributed by atoms with Crippen LogP contribution in [0.3, 0.4) is 0 Å². The molecule has 1 aromatic rings. The van der Waals surface area contributed by atoms with Gasteiger partial charge in [0.2, 0.25) is 0 Å². The predicted octanol–water partition coefficient (Wildman–Crippen LogP) is 1.93. The van der Waals surface area contributed by atoms with Crippen molar-refractivity contribution in [2.75, 3.05) is 13.7 Å². The molecule has 4 nitrogen and oxygen atoms in total. The molecule has 19 heavy (non-hydrogen) atoms. The lowest BCUT2D eigenvalue weighted by Crippen LogP contribution is -2.30. The first-order valence-electron chi connectivity index (χ1n) is 6.80. The molecule has 1 saturated carbocycles. The Morgan fingerprint density at radius 3 is 2.84 bits per heavy atom. The number of hydrogen-bond acceptors (Lipinski definition) is 3. The van der Waals surface area contributed by atoms with E-state index in [4.69, 9.17) is 4.74 Å². The molecule has 1 unspecified atom stereocenters. The summed E-state index contributed by atoms with van der Waals surface area (Å²) >= 11 is 0. The summed E-state index contributed by atoms with van der Waals surface area (Å²) in [5.74, 6) is 0.750. The summed E-state index contributed by atoms with van der Waals surface area (Å²) in [4.78, 5) is 11.7. The molecule has 104 valence electrons. The van der Waals surface area contributed by atoms with E-state index in [-0.39, 0.29) is 18.6 Å². The van der Waals surface area contributed by atoms with E-state index in [0.29, 0.717) is 6.04 Å². The van der Waals surface area contributed by atoms with Crippen molar-refractivity contribution in [2.45, 2.75) is 38.8 Å². The van der Waals surface area contributed by atoms with Crippen LogP contribution in [0.5, 0.6) is 5.75 Å². The van der Waals surface area contributed by atoms with Gasteiger partial charge in [-0.3, -0.25) is 4.79 Å². The van der Waals surface area contributed by atoms with Crippen LogP contribution in [0, 0.1) is 6.92 Å². The topological polar surface area (TPSA) is 50.4 Å². The van der Waals surface area contributed by atoms with Gasteiger partial charge in [-0.2, -0.15) is 0 Å². The molecule has 1 fully saturated rings. The van der Waals surface area contributed by atoms with E-state index in [9.17, 15) is 4.79 Å². The third-order valence-corrected chi connectivity index (χ3v) is 3.37. The lowest BCUT2D eigenvalue weighted by Gasteiger charge is -2.17. The van der Waals surface area contributed by atoms with Gasteiger partial charge in [0.1, 0.15) is 5.75 Å². The summed E-state index contributed by atoms with van der Waals surface area (Å²) in [7, 11) is 1.91. The number of amides is 1. The van der Waals surface area contributed by atoms with Gasteiger partial charge in [-0.15, -0.1) is 0 Å². The van der Waals surface area contributed by atoms with Crippen LogP contribution in [-0.4, -0.2) is 25.6 Å². The van der Waals surface area contributed by atoms with E-state index in [1.54, 1.807) is 0 Å². The molecule has 4 heteroatoms. The standard InChI is InChI=1S/C15H22N2O2/c1-10-4-7-13(11(2)16-3)14(8-10)19-9-15(18)17-12-5-6-12/h4,7-8,11-12,16H,5-6,9H2,1-3H3,(H,17,18). The second kappa shape index (κ2) is 6.06. The molecule has 1 aliphatic rings. The Bertz CT molecular complexity index is 455. The molecular weight excluding hydrogens is 240 g/mol. The van der Waals surface area contributed by atoms with Crippen molar-refractivity contribution in [3.63, 3.8) is 0 Å². The van der Waals surface area contributed by atoms with Crippen molar-refractivity contribution in [3.05, 3.63) is 29.3 Å². The quantitative estimate of drug-likeness (QED) is 0.823. The Morgan fingerprint density at radius 2 is 2.21 bits per heavy atom. The molecule has 1 aliphatic carbocycles. The van der Waals surface area contributed by atoms with Crippen LogP contribution in [0.15, 0.2) is 18.2 Å². The summed E-state index contributed by atoms with van der Waals surface area (Å²) in [6.07, 6.45) is 2.19. The van der Waals surface area contributed by atoms with Crippen LogP contribution in [-0.2, 0) is 4.79 Å². The second-order valence-corrected chi connectivity index (χ2v) is 5.18. The van der Waals surface area contributed by atoms with E-state index >= 15 is 0 Å². The smallest absolute Gasteiger partial charge is 0.258 e. The highest BCUT2D eigenvalue weighted by molar-refractivity contribution is 5.78. The van der Waals surface area contributed by atoms with Crippen LogP contribution in [0.1, 0.15) is 36.9 Å². The number of hydrogen-bond donors (Lipinski definition) is 2. The number of rotatable bonds is 6. The maximum atomic E-state index is 11.7. The SMILES string of the molecule is CNC(C)c1ccc(C)cc1OCC(=O)NC1CC1. The minimum Gasteiger partial charge on any atom is -0.483 e. The molecule has 2 rings (SSSR count). The lowest BCUT2D eigenvalue weighted by atomic mass is 10.1. The molecule has 0 heterocycles. The van der Waals surface area contributed by atoms with Crippen molar-refractivity contribution < 1.29 is 9.53 Å². The molecule has 1 amide bonds. The number of carbonyl (C=O) groups excluding carboxylic acids is 1. The first kappa shape index (κ1) is 13.9. The van der Waals surface area contributed by atoms with Gasteiger partial charge in [-0.25, -0.2) is 0 Å². The van der Waals surface area contributed by atoms with Crippen LogP contribution in [0.4, 0.5) is 0 Å². The number of benzene rings is 1. The van der Waals surface area contributed by atoms with Crippen molar-refractivity contribution in [1.29, 1.82) is 0 Å². The molecule has 1 aromatic carbocycles. The number of ether oxygens (including phenoxy) is 1. The molecular formula is C15H22N2O2. The zero-order valence-corrected chi connectivity index (χ0v) is 11.8. The predicted molar refractivity (Wildman–Crippen MR) is 75.3 cm³/mol. The third kappa shape index (κ3) is 3.96. The van der Waals surface area contributed by atoms with Crippen LogP contribution in [0.2, 0.25) is 0 Å². The highest BCUT2D eigenvalue weighted by Crippen LogP contribution is 2.26. The normalized spacial score (nSPS) is 15.9. The van der Waals surface area contributed by atoms with Crippen LogP contribution < -0.4 is 15.4 Å². The number of aryl methyl sites for hydroxylation is 1. The van der Waals surface area contributed by atoms with Crippen LogP contribution in [0.25, 0.3) is 0 Å². The summed E-state index contributed by atoms with van der Waals surface area (Å²) in [5.41, 5.74) is 2.21. The monoisotopic (exact) mass is 262 g/mol. The van der Waals surface area contributed by atoms with Crippen molar-refractivity contribution in [3.8, 4) is 5.75 Å². The van der Waals surface area contributed by atoms with Gasteiger partial charge in [0, 0.05) is 17.6 Å². The van der Waals surface area contributed by atoms with Crippen LogP contribution >= 0.6 is 0 Å². The summed E-state index contributed by atoms with van der Waals surface area (Å²) < 4.78 is 5.68. The summed E-state index contributed by atoms with van der Waals surface area (Å²) in [6, 6.07) is 6.66. The lowest BCUT2D eigenvalue weighted by molar-refractivity contribution is -0.123. The van der Waals surface area contributed by atoms with E-state index in [2.05, 4.69) is 23.6 Å².